The third kappa shape index (κ3) is 7.12. The van der Waals surface area contributed by atoms with E-state index < -0.39 is 12.1 Å². The van der Waals surface area contributed by atoms with Gasteiger partial charge in [0.2, 0.25) is 11.8 Å². The number of benzene rings is 3. The first-order valence-electron chi connectivity index (χ1n) is 15.5. The Morgan fingerprint density at radius 2 is 1.85 bits per heavy atom. The second-order valence-corrected chi connectivity index (χ2v) is 11.9. The van der Waals surface area contributed by atoms with Crippen molar-refractivity contribution in [3.05, 3.63) is 94.0 Å². The maximum absolute atomic E-state index is 13.7. The van der Waals surface area contributed by atoms with E-state index in [-0.39, 0.29) is 49.4 Å². The highest BCUT2D eigenvalue weighted by atomic mass is 16.5. The summed E-state index contributed by atoms with van der Waals surface area (Å²) in [5.41, 5.74) is 2.42. The number of nitrogens with zero attached hydrogens (tertiary/aromatic N) is 4. The van der Waals surface area contributed by atoms with Crippen LogP contribution in [0.1, 0.15) is 34.3 Å². The molecule has 0 spiro atoms. The Morgan fingerprint density at radius 3 is 2.68 bits per heavy atom. The summed E-state index contributed by atoms with van der Waals surface area (Å²) in [6, 6.07) is 17.6. The van der Waals surface area contributed by atoms with Gasteiger partial charge in [0.25, 0.3) is 11.5 Å². The molecule has 7 rings (SSSR count). The molecule has 3 amide bonds. The van der Waals surface area contributed by atoms with E-state index in [4.69, 9.17) is 14.2 Å². The van der Waals surface area contributed by atoms with E-state index in [1.807, 2.05) is 42.5 Å². The Hall–Kier alpha value is -5.23. The maximum atomic E-state index is 13.7. The summed E-state index contributed by atoms with van der Waals surface area (Å²) in [4.78, 5) is 59.6. The minimum atomic E-state index is -0.539. The van der Waals surface area contributed by atoms with E-state index >= 15 is 0 Å². The number of ether oxygens (including phenoxy) is 3. The molecule has 244 valence electrons. The molecule has 4 heterocycles. The lowest BCUT2D eigenvalue weighted by Gasteiger charge is -2.39. The summed E-state index contributed by atoms with van der Waals surface area (Å²) in [6.45, 7) is 0.698. The summed E-state index contributed by atoms with van der Waals surface area (Å²) in [5, 5.41) is 3.48. The largest absolute Gasteiger partial charge is 0.493 e. The molecule has 1 N–H and O–H groups in total. The Morgan fingerprint density at radius 1 is 1.00 bits per heavy atom. The van der Waals surface area contributed by atoms with Crippen molar-refractivity contribution < 1.29 is 28.6 Å². The monoisotopic (exact) mass is 639 g/mol. The van der Waals surface area contributed by atoms with Gasteiger partial charge < -0.3 is 33.9 Å². The zero-order chi connectivity index (χ0) is 33.1. The van der Waals surface area contributed by atoms with Crippen LogP contribution in [0.15, 0.2) is 71.8 Å². The lowest BCUT2D eigenvalue weighted by Crippen LogP contribution is -2.57. The van der Waals surface area contributed by atoms with Gasteiger partial charge in [0.05, 0.1) is 49.6 Å². The number of fused-ring (bicyclic) bond motifs is 10. The van der Waals surface area contributed by atoms with Gasteiger partial charge in [-0.05, 0) is 66.4 Å². The molecular weight excluding hydrogens is 602 g/mol. The van der Waals surface area contributed by atoms with Crippen molar-refractivity contribution in [3.8, 4) is 17.2 Å². The van der Waals surface area contributed by atoms with Crippen molar-refractivity contribution in [2.45, 2.75) is 38.0 Å². The van der Waals surface area contributed by atoms with Crippen LogP contribution < -0.4 is 20.3 Å². The second kappa shape index (κ2) is 13.6. The minimum Gasteiger partial charge on any atom is -0.493 e. The van der Waals surface area contributed by atoms with Crippen LogP contribution in [0.5, 0.6) is 17.2 Å². The number of nitrogens with one attached hydrogen (secondary N) is 1. The normalized spacial score (nSPS) is 19.2. The molecule has 0 saturated carbocycles. The minimum absolute atomic E-state index is 0.105. The van der Waals surface area contributed by atoms with Crippen molar-refractivity contribution in [2.24, 2.45) is 7.05 Å². The van der Waals surface area contributed by atoms with Crippen molar-refractivity contribution in [1.29, 1.82) is 0 Å². The number of hydrogen-bond acceptors (Lipinski definition) is 8. The van der Waals surface area contributed by atoms with Crippen LogP contribution in [0, 0.1) is 0 Å². The SMILES string of the molecule is COc1cc2ccc1Oc1cccc(c1)CO[C@H]1CN(C(=O)c3ccc4c(=O)n(C)cnc4c3)CC[C@@H]1NC(=O)CN(C)C(=O)CC2. The number of rotatable bonds is 2. The molecule has 12 nitrogen and oxygen atoms in total. The predicted molar refractivity (Wildman–Crippen MR) is 173 cm³/mol. The topological polar surface area (TPSA) is 132 Å². The number of likely N-dealkylation sites (tertiary alicyclic amines) is 1. The number of methoxy groups -OCH3 is 1. The second-order valence-electron chi connectivity index (χ2n) is 11.9. The van der Waals surface area contributed by atoms with Gasteiger partial charge in [-0.1, -0.05) is 18.2 Å². The number of aromatic nitrogens is 2. The quantitative estimate of drug-likeness (QED) is 0.354. The molecule has 1 saturated heterocycles. The molecule has 4 aromatic rings. The Bertz CT molecular complexity index is 1890. The van der Waals surface area contributed by atoms with E-state index in [0.717, 1.165) is 11.1 Å². The molecule has 1 aromatic heterocycles. The molecule has 0 aliphatic carbocycles. The van der Waals surface area contributed by atoms with E-state index in [1.165, 1.54) is 15.8 Å². The molecule has 12 heteroatoms. The highest BCUT2D eigenvalue weighted by molar-refractivity contribution is 5.97. The van der Waals surface area contributed by atoms with Gasteiger partial charge in [0, 0.05) is 39.2 Å². The van der Waals surface area contributed by atoms with Gasteiger partial charge in [0.1, 0.15) is 5.75 Å². The summed E-state index contributed by atoms with van der Waals surface area (Å²) >= 11 is 0. The average molecular weight is 640 g/mol. The van der Waals surface area contributed by atoms with Gasteiger partial charge in [-0.25, -0.2) is 4.98 Å². The van der Waals surface area contributed by atoms with Crippen LogP contribution >= 0.6 is 0 Å². The third-order valence-electron chi connectivity index (χ3n) is 8.61. The van der Waals surface area contributed by atoms with E-state index in [9.17, 15) is 19.2 Å². The molecule has 3 aromatic carbocycles. The number of carbonyl (C=O) groups is 3. The zero-order valence-electron chi connectivity index (χ0n) is 26.6. The molecule has 0 radical (unpaired) electrons. The first-order chi connectivity index (χ1) is 22.7. The van der Waals surface area contributed by atoms with Crippen molar-refractivity contribution >= 4 is 28.6 Å². The van der Waals surface area contributed by atoms with E-state index in [1.54, 1.807) is 44.3 Å². The third-order valence-corrected chi connectivity index (χ3v) is 8.61. The van der Waals surface area contributed by atoms with Crippen LogP contribution in [0.25, 0.3) is 10.9 Å². The van der Waals surface area contributed by atoms with E-state index in [0.29, 0.717) is 53.1 Å². The Kier molecular flexibility index (Phi) is 9.21. The van der Waals surface area contributed by atoms with E-state index in [2.05, 4.69) is 10.3 Å². The van der Waals surface area contributed by atoms with Crippen molar-refractivity contribution in [3.63, 3.8) is 0 Å². The molecule has 1 fully saturated rings. The predicted octanol–water partition coefficient (Wildman–Crippen LogP) is 3.06. The molecular formula is C35H37N5O7. The molecule has 47 heavy (non-hydrogen) atoms. The van der Waals surface area contributed by atoms with Gasteiger partial charge in [-0.3, -0.25) is 19.2 Å². The highest BCUT2D eigenvalue weighted by Crippen LogP contribution is 2.33. The fourth-order valence-electron chi connectivity index (χ4n) is 5.94. The lowest BCUT2D eigenvalue weighted by molar-refractivity contribution is -0.135. The molecule has 2 atom stereocenters. The highest BCUT2D eigenvalue weighted by Gasteiger charge is 2.34. The summed E-state index contributed by atoms with van der Waals surface area (Å²) < 4.78 is 19.5. The first kappa shape index (κ1) is 31.7. The van der Waals surface area contributed by atoms with Crippen molar-refractivity contribution in [2.75, 3.05) is 33.8 Å². The van der Waals surface area contributed by atoms with Crippen LogP contribution in [0.4, 0.5) is 0 Å². The molecule has 4 bridgehead atoms. The number of hydrogen-bond donors (Lipinski definition) is 1. The fourth-order valence-corrected chi connectivity index (χ4v) is 5.94. The lowest BCUT2D eigenvalue weighted by atomic mass is 10.00. The summed E-state index contributed by atoms with van der Waals surface area (Å²) in [6.07, 6.45) is 2.04. The Labute approximate surface area is 271 Å². The van der Waals surface area contributed by atoms with Crippen LogP contribution in [-0.2, 0) is 34.4 Å². The van der Waals surface area contributed by atoms with Gasteiger partial charge in [-0.15, -0.1) is 0 Å². The average Bonchev–Trinajstić information content (AvgIpc) is 3.08. The van der Waals surface area contributed by atoms with Crippen LogP contribution in [0.2, 0.25) is 0 Å². The summed E-state index contributed by atoms with van der Waals surface area (Å²) in [5.74, 6) is 0.985. The van der Waals surface area contributed by atoms with Gasteiger partial charge in [0.15, 0.2) is 11.5 Å². The number of carbonyl (C=O) groups excluding carboxylic acids is 3. The van der Waals surface area contributed by atoms with Gasteiger partial charge >= 0.3 is 0 Å². The summed E-state index contributed by atoms with van der Waals surface area (Å²) in [7, 11) is 4.80. The van der Waals surface area contributed by atoms with Gasteiger partial charge in [-0.2, -0.15) is 0 Å². The molecule has 3 aliphatic heterocycles. The zero-order valence-corrected chi connectivity index (χ0v) is 26.6. The smallest absolute Gasteiger partial charge is 0.260 e. The molecule has 0 unspecified atom stereocenters. The molecule has 3 aliphatic rings. The number of aryl methyl sites for hydroxylation is 2. The van der Waals surface area contributed by atoms with Crippen LogP contribution in [0.3, 0.4) is 0 Å². The first-order valence-corrected chi connectivity index (χ1v) is 15.5. The Balaban J connectivity index is 1.25. The number of piperidine rings is 1. The van der Waals surface area contributed by atoms with Crippen LogP contribution in [-0.4, -0.2) is 83.0 Å². The number of likely N-dealkylation sites (N-methyl/N-ethyl adjacent to an activating group) is 1. The fraction of sp³-hybridized carbons (Fsp3) is 0.343. The maximum Gasteiger partial charge on any atom is 0.260 e. The number of amides is 3. The van der Waals surface area contributed by atoms with Crippen molar-refractivity contribution in [1.82, 2.24) is 24.7 Å². The standard InChI is InChI=1S/C35H37N5O7/c1-38-19-32(41)37-27-13-14-40(34(43)24-9-10-26-28(17-24)36-21-39(2)35(26)44)18-31(27)46-20-23-5-4-6-25(15-23)47-29-11-7-22(8-12-33(38)42)16-30(29)45-3/h4-7,9-11,15-17,21,27,31H,8,12-14,18-20H2,1-3H3,(H,37,41)/t27-,31-/m0/s1.